The topological polar surface area (TPSA) is 149 Å². The summed E-state index contributed by atoms with van der Waals surface area (Å²) in [5, 5.41) is 10.1. The number of rotatable bonds is 9. The monoisotopic (exact) mass is 412 g/mol. The lowest BCUT2D eigenvalue weighted by atomic mass is 9.98. The molecule has 0 radical (unpaired) electrons. The molecule has 0 aliphatic carbocycles. The molecular formula is C14H22FN2O9P. The van der Waals surface area contributed by atoms with E-state index in [2.05, 4.69) is 0 Å². The summed E-state index contributed by atoms with van der Waals surface area (Å²) < 4.78 is 47.0. The number of nitrogens with one attached hydrogen (secondary N) is 1. The highest BCUT2D eigenvalue weighted by Crippen LogP contribution is 2.46. The van der Waals surface area contributed by atoms with E-state index >= 15 is 0 Å². The first-order valence-electron chi connectivity index (χ1n) is 8.03. The molecule has 0 aromatic carbocycles. The quantitative estimate of drug-likeness (QED) is 0.367. The van der Waals surface area contributed by atoms with Crippen LogP contribution in [0.1, 0.15) is 19.6 Å². The molecule has 1 aromatic rings. The van der Waals surface area contributed by atoms with E-state index in [1.807, 2.05) is 4.98 Å². The number of hydrogen-bond acceptors (Lipinski definition) is 8. The zero-order valence-corrected chi connectivity index (χ0v) is 15.6. The number of aromatic amines is 1. The fourth-order valence-corrected chi connectivity index (χ4v) is 3.32. The summed E-state index contributed by atoms with van der Waals surface area (Å²) in [6.45, 7) is 0.555. The molecule has 1 aromatic heterocycles. The van der Waals surface area contributed by atoms with Crippen LogP contribution in [0.3, 0.4) is 0 Å². The van der Waals surface area contributed by atoms with Gasteiger partial charge < -0.3 is 19.5 Å². The largest absolute Gasteiger partial charge is 0.472 e. The lowest BCUT2D eigenvalue weighted by Crippen LogP contribution is -2.43. The summed E-state index contributed by atoms with van der Waals surface area (Å²) in [6, 6.07) is 0.993. The van der Waals surface area contributed by atoms with Gasteiger partial charge in [-0.05, 0) is 13.3 Å². The molecule has 1 aliphatic rings. The van der Waals surface area contributed by atoms with Crippen molar-refractivity contribution in [3.63, 3.8) is 0 Å². The van der Waals surface area contributed by atoms with Crippen LogP contribution in [-0.4, -0.2) is 64.4 Å². The van der Waals surface area contributed by atoms with E-state index in [9.17, 15) is 28.5 Å². The first-order valence-corrected chi connectivity index (χ1v) is 9.53. The molecule has 11 nitrogen and oxygen atoms in total. The predicted octanol–water partition coefficient (Wildman–Crippen LogP) is -0.307. The molecule has 1 saturated heterocycles. The SMILES string of the molecule is COCCCOP(=O)(O)OC[C@H]1O[C@@H](n2ccc(=O)[nH]c2=O)[C@](C)(F)[C@@H]1O. The van der Waals surface area contributed by atoms with Gasteiger partial charge in [-0.15, -0.1) is 0 Å². The Kier molecular flexibility index (Phi) is 7.09. The van der Waals surface area contributed by atoms with Gasteiger partial charge in [-0.2, -0.15) is 0 Å². The highest BCUT2D eigenvalue weighted by molar-refractivity contribution is 7.47. The Morgan fingerprint density at radius 3 is 2.74 bits per heavy atom. The van der Waals surface area contributed by atoms with Crippen molar-refractivity contribution < 1.29 is 37.5 Å². The summed E-state index contributed by atoms with van der Waals surface area (Å²) in [4.78, 5) is 34.5. The molecule has 0 saturated carbocycles. The van der Waals surface area contributed by atoms with Crippen molar-refractivity contribution in [1.29, 1.82) is 0 Å². The first-order chi connectivity index (χ1) is 12.6. The molecule has 2 heterocycles. The summed E-state index contributed by atoms with van der Waals surface area (Å²) in [5.74, 6) is 0. The number of aromatic nitrogens is 2. The van der Waals surface area contributed by atoms with Crippen molar-refractivity contribution in [2.45, 2.75) is 37.4 Å². The van der Waals surface area contributed by atoms with Crippen LogP contribution >= 0.6 is 7.82 Å². The van der Waals surface area contributed by atoms with E-state index in [0.29, 0.717) is 13.0 Å². The number of phosphoric acid groups is 1. The van der Waals surface area contributed by atoms with Crippen LogP contribution in [0.25, 0.3) is 0 Å². The molecule has 2 rings (SSSR count). The van der Waals surface area contributed by atoms with Crippen LogP contribution in [0.4, 0.5) is 4.39 Å². The molecule has 13 heteroatoms. The van der Waals surface area contributed by atoms with Crippen molar-refractivity contribution in [2.75, 3.05) is 26.9 Å². The Bertz CT molecular complexity index is 795. The molecule has 1 fully saturated rings. The summed E-state index contributed by atoms with van der Waals surface area (Å²) in [7, 11) is -2.98. The lowest BCUT2D eigenvalue weighted by molar-refractivity contribution is -0.0612. The van der Waals surface area contributed by atoms with Gasteiger partial charge in [0, 0.05) is 26.0 Å². The number of aliphatic hydroxyl groups is 1. The molecule has 0 spiro atoms. The minimum Gasteiger partial charge on any atom is -0.387 e. The van der Waals surface area contributed by atoms with Crippen LogP contribution in [0.15, 0.2) is 21.9 Å². The van der Waals surface area contributed by atoms with E-state index < -0.39 is 49.8 Å². The molecule has 1 aliphatic heterocycles. The maximum absolute atomic E-state index is 14.9. The van der Waals surface area contributed by atoms with Crippen LogP contribution in [0, 0.1) is 0 Å². The standard InChI is InChI=1S/C14H22FN2O9P/c1-14(15)11(19)9(8-25-27(21,22)24-7-3-6-23-2)26-12(14)17-5-4-10(18)16-13(17)20/h4-5,9,11-12,19H,3,6-8H2,1-2H3,(H,21,22)(H,16,18,20)/t9-,11-,12-,14-/m1/s1. The number of halogens is 1. The third-order valence-corrected chi connectivity index (χ3v) is 4.95. The average Bonchev–Trinajstić information content (AvgIpc) is 2.80. The summed E-state index contributed by atoms with van der Waals surface area (Å²) in [5.41, 5.74) is -4.05. The molecule has 3 N–H and O–H groups in total. The third kappa shape index (κ3) is 5.32. The fraction of sp³-hybridized carbons (Fsp3) is 0.714. The smallest absolute Gasteiger partial charge is 0.387 e. The van der Waals surface area contributed by atoms with Crippen LogP contribution < -0.4 is 11.2 Å². The van der Waals surface area contributed by atoms with E-state index in [1.165, 1.54) is 7.11 Å². The van der Waals surface area contributed by atoms with Gasteiger partial charge in [-0.3, -0.25) is 23.4 Å². The van der Waals surface area contributed by atoms with Crippen molar-refractivity contribution in [3.05, 3.63) is 33.1 Å². The Hall–Kier alpha value is -1.40. The lowest BCUT2D eigenvalue weighted by Gasteiger charge is -2.24. The number of aliphatic hydroxyl groups excluding tert-OH is 1. The highest BCUT2D eigenvalue weighted by atomic mass is 31.2. The predicted molar refractivity (Wildman–Crippen MR) is 89.0 cm³/mol. The maximum Gasteiger partial charge on any atom is 0.472 e. The number of ether oxygens (including phenoxy) is 2. The van der Waals surface area contributed by atoms with Crippen molar-refractivity contribution in [3.8, 4) is 0 Å². The van der Waals surface area contributed by atoms with Crippen molar-refractivity contribution in [2.24, 2.45) is 0 Å². The molecular weight excluding hydrogens is 390 g/mol. The normalized spacial score (nSPS) is 30.3. The van der Waals surface area contributed by atoms with Crippen molar-refractivity contribution in [1.82, 2.24) is 9.55 Å². The van der Waals surface area contributed by atoms with E-state index in [1.54, 1.807) is 0 Å². The number of hydrogen-bond donors (Lipinski definition) is 3. The highest BCUT2D eigenvalue weighted by Gasteiger charge is 2.55. The fourth-order valence-electron chi connectivity index (χ4n) is 2.55. The van der Waals surface area contributed by atoms with Crippen LogP contribution in [0.5, 0.6) is 0 Å². The Morgan fingerprint density at radius 1 is 1.41 bits per heavy atom. The number of H-pyrrole nitrogens is 1. The maximum atomic E-state index is 14.9. The summed E-state index contributed by atoms with van der Waals surface area (Å²) >= 11 is 0. The van der Waals surface area contributed by atoms with E-state index in [-0.39, 0.29) is 6.61 Å². The van der Waals surface area contributed by atoms with Gasteiger partial charge in [0.05, 0.1) is 13.2 Å². The molecule has 0 bridgehead atoms. The summed E-state index contributed by atoms with van der Waals surface area (Å²) in [6.07, 6.45) is -3.32. The number of alkyl halides is 1. The number of methoxy groups -OCH3 is 1. The second-order valence-electron chi connectivity index (χ2n) is 6.08. The van der Waals surface area contributed by atoms with Crippen LogP contribution in [-0.2, 0) is 23.1 Å². The molecule has 0 amide bonds. The first kappa shape index (κ1) is 21.9. The van der Waals surface area contributed by atoms with E-state index in [4.69, 9.17) is 18.5 Å². The Balaban J connectivity index is 2.04. The van der Waals surface area contributed by atoms with Gasteiger partial charge in [-0.25, -0.2) is 13.8 Å². The minimum absolute atomic E-state index is 0.105. The van der Waals surface area contributed by atoms with Gasteiger partial charge in [0.25, 0.3) is 5.56 Å². The van der Waals surface area contributed by atoms with E-state index in [0.717, 1.165) is 23.8 Å². The zero-order valence-electron chi connectivity index (χ0n) is 14.7. The molecule has 1 unspecified atom stereocenters. The molecule has 27 heavy (non-hydrogen) atoms. The van der Waals surface area contributed by atoms with Gasteiger partial charge in [0.15, 0.2) is 11.9 Å². The van der Waals surface area contributed by atoms with Crippen LogP contribution in [0.2, 0.25) is 0 Å². The van der Waals surface area contributed by atoms with Crippen molar-refractivity contribution >= 4 is 7.82 Å². The zero-order chi connectivity index (χ0) is 20.2. The second-order valence-corrected chi connectivity index (χ2v) is 7.54. The number of nitrogens with zero attached hydrogens (tertiary/aromatic N) is 1. The second kappa shape index (κ2) is 8.74. The average molecular weight is 412 g/mol. The number of phosphoric ester groups is 1. The molecule has 5 atom stereocenters. The van der Waals surface area contributed by atoms with Gasteiger partial charge in [0.2, 0.25) is 0 Å². The van der Waals surface area contributed by atoms with Gasteiger partial charge in [0.1, 0.15) is 12.2 Å². The Labute approximate surface area is 153 Å². The van der Waals surface area contributed by atoms with Gasteiger partial charge >= 0.3 is 13.5 Å². The third-order valence-electron chi connectivity index (χ3n) is 3.97. The Morgan fingerprint density at radius 2 is 2.11 bits per heavy atom. The minimum atomic E-state index is -4.45. The molecule has 154 valence electrons. The van der Waals surface area contributed by atoms with Gasteiger partial charge in [-0.1, -0.05) is 0 Å².